The van der Waals surface area contributed by atoms with Crippen LogP contribution in [0, 0.1) is 0 Å². The number of halogens is 1. The Hall–Kier alpha value is 0.0600. The van der Waals surface area contributed by atoms with E-state index >= 15 is 0 Å². The molecule has 0 spiro atoms. The van der Waals surface area contributed by atoms with Gasteiger partial charge in [-0.1, -0.05) is 0 Å². The molecule has 1 aromatic heterocycles. The van der Waals surface area contributed by atoms with Gasteiger partial charge in [0, 0.05) is 40.4 Å². The predicted molar refractivity (Wildman–Crippen MR) is 66.3 cm³/mol. The Kier molecular flexibility index (Phi) is 4.59. The Bertz CT molecular complexity index is 299. The lowest BCUT2D eigenvalue weighted by Gasteiger charge is -2.23. The maximum atomic E-state index is 5.38. The van der Waals surface area contributed by atoms with Gasteiger partial charge in [-0.15, -0.1) is 11.3 Å². The molecule has 2 rings (SSSR count). The minimum atomic E-state index is 0.460. The lowest BCUT2D eigenvalue weighted by molar-refractivity contribution is 0.0767. The Balaban J connectivity index is 1.65. The van der Waals surface area contributed by atoms with Crippen LogP contribution in [0.3, 0.4) is 0 Å². The van der Waals surface area contributed by atoms with Crippen molar-refractivity contribution >= 4 is 27.3 Å². The fourth-order valence-corrected chi connectivity index (χ4v) is 2.99. The van der Waals surface area contributed by atoms with Crippen LogP contribution in [0.15, 0.2) is 15.9 Å². The van der Waals surface area contributed by atoms with Crippen LogP contribution in [0.2, 0.25) is 0 Å². The predicted octanol–water partition coefficient (Wildman–Crippen LogP) is 1.59. The van der Waals surface area contributed by atoms with Gasteiger partial charge in [-0.3, -0.25) is 0 Å². The number of rotatable bonds is 4. The standard InChI is InChI=1S/C10H15BrN2OS/c11-8-3-10(15-7-8)5-12-4-9-6-14-2-1-13-9/h3,7,9,12-13H,1-2,4-6H2. The van der Waals surface area contributed by atoms with E-state index in [0.29, 0.717) is 6.04 Å². The SMILES string of the molecule is Brc1csc(CNCC2COCCN2)c1. The molecule has 0 saturated carbocycles. The van der Waals surface area contributed by atoms with Gasteiger partial charge in [0.05, 0.1) is 13.2 Å². The van der Waals surface area contributed by atoms with Gasteiger partial charge in [-0.05, 0) is 22.0 Å². The Labute approximate surface area is 102 Å². The first-order valence-electron chi connectivity index (χ1n) is 5.09. The van der Waals surface area contributed by atoms with Crippen LogP contribution < -0.4 is 10.6 Å². The van der Waals surface area contributed by atoms with E-state index in [0.717, 1.165) is 32.8 Å². The summed E-state index contributed by atoms with van der Waals surface area (Å²) in [7, 11) is 0. The van der Waals surface area contributed by atoms with Crippen LogP contribution in [0.1, 0.15) is 4.88 Å². The molecule has 0 aliphatic carbocycles. The summed E-state index contributed by atoms with van der Waals surface area (Å²) >= 11 is 5.23. The molecule has 1 atom stereocenters. The number of thiophene rings is 1. The number of hydrogen-bond acceptors (Lipinski definition) is 4. The summed E-state index contributed by atoms with van der Waals surface area (Å²) in [5.74, 6) is 0. The Morgan fingerprint density at radius 3 is 3.27 bits per heavy atom. The third-order valence-corrected chi connectivity index (χ3v) is 4.01. The monoisotopic (exact) mass is 290 g/mol. The van der Waals surface area contributed by atoms with E-state index in [4.69, 9.17) is 4.74 Å². The van der Waals surface area contributed by atoms with Crippen LogP contribution in [-0.2, 0) is 11.3 Å². The van der Waals surface area contributed by atoms with Gasteiger partial charge in [-0.2, -0.15) is 0 Å². The number of hydrogen-bond donors (Lipinski definition) is 2. The molecule has 1 aliphatic rings. The molecule has 1 saturated heterocycles. The van der Waals surface area contributed by atoms with Crippen molar-refractivity contribution in [2.24, 2.45) is 0 Å². The molecule has 0 bridgehead atoms. The van der Waals surface area contributed by atoms with Gasteiger partial charge in [0.1, 0.15) is 0 Å². The van der Waals surface area contributed by atoms with Crippen molar-refractivity contribution in [3.8, 4) is 0 Å². The van der Waals surface area contributed by atoms with E-state index in [1.165, 1.54) is 9.35 Å². The van der Waals surface area contributed by atoms with Crippen molar-refractivity contribution in [2.75, 3.05) is 26.3 Å². The van der Waals surface area contributed by atoms with Crippen molar-refractivity contribution in [1.82, 2.24) is 10.6 Å². The third kappa shape index (κ3) is 3.85. The zero-order chi connectivity index (χ0) is 10.5. The zero-order valence-corrected chi connectivity index (χ0v) is 10.9. The van der Waals surface area contributed by atoms with Gasteiger partial charge in [0.15, 0.2) is 0 Å². The average Bonchev–Trinajstić information content (AvgIpc) is 2.66. The second kappa shape index (κ2) is 5.96. The fraction of sp³-hybridized carbons (Fsp3) is 0.600. The number of nitrogens with one attached hydrogen (secondary N) is 2. The van der Waals surface area contributed by atoms with Crippen LogP contribution in [0.5, 0.6) is 0 Å². The maximum Gasteiger partial charge on any atom is 0.0632 e. The summed E-state index contributed by atoms with van der Waals surface area (Å²) in [5.41, 5.74) is 0. The Morgan fingerprint density at radius 2 is 2.60 bits per heavy atom. The van der Waals surface area contributed by atoms with Gasteiger partial charge in [0.2, 0.25) is 0 Å². The largest absolute Gasteiger partial charge is 0.378 e. The van der Waals surface area contributed by atoms with E-state index in [1.807, 2.05) is 0 Å². The highest BCUT2D eigenvalue weighted by Crippen LogP contribution is 2.19. The van der Waals surface area contributed by atoms with Crippen LogP contribution in [0.25, 0.3) is 0 Å². The normalized spacial score (nSPS) is 21.8. The highest BCUT2D eigenvalue weighted by molar-refractivity contribution is 9.10. The molecule has 1 fully saturated rings. The summed E-state index contributed by atoms with van der Waals surface area (Å²) in [6.07, 6.45) is 0. The molecular formula is C10H15BrN2OS. The highest BCUT2D eigenvalue weighted by atomic mass is 79.9. The molecule has 0 radical (unpaired) electrons. The molecule has 1 unspecified atom stereocenters. The molecule has 5 heteroatoms. The van der Waals surface area contributed by atoms with Crippen molar-refractivity contribution in [1.29, 1.82) is 0 Å². The second-order valence-electron chi connectivity index (χ2n) is 3.59. The zero-order valence-electron chi connectivity index (χ0n) is 8.46. The summed E-state index contributed by atoms with van der Waals surface area (Å²) in [6.45, 7) is 4.54. The van der Waals surface area contributed by atoms with Gasteiger partial charge >= 0.3 is 0 Å². The summed E-state index contributed by atoms with van der Waals surface area (Å²) < 4.78 is 6.55. The molecule has 2 N–H and O–H groups in total. The van der Waals surface area contributed by atoms with Crippen LogP contribution >= 0.6 is 27.3 Å². The minimum Gasteiger partial charge on any atom is -0.378 e. The molecule has 3 nitrogen and oxygen atoms in total. The van der Waals surface area contributed by atoms with Crippen LogP contribution in [0.4, 0.5) is 0 Å². The van der Waals surface area contributed by atoms with E-state index in [2.05, 4.69) is 38.0 Å². The second-order valence-corrected chi connectivity index (χ2v) is 5.50. The van der Waals surface area contributed by atoms with Crippen molar-refractivity contribution in [3.05, 3.63) is 20.8 Å². The minimum absolute atomic E-state index is 0.460. The first kappa shape index (κ1) is 11.5. The van der Waals surface area contributed by atoms with E-state index < -0.39 is 0 Å². The summed E-state index contributed by atoms with van der Waals surface area (Å²) in [4.78, 5) is 1.36. The van der Waals surface area contributed by atoms with E-state index in [1.54, 1.807) is 11.3 Å². The highest BCUT2D eigenvalue weighted by Gasteiger charge is 2.11. The number of morpholine rings is 1. The van der Waals surface area contributed by atoms with Gasteiger partial charge in [-0.25, -0.2) is 0 Å². The van der Waals surface area contributed by atoms with Crippen molar-refractivity contribution in [2.45, 2.75) is 12.6 Å². The summed E-state index contributed by atoms with van der Waals surface area (Å²) in [6, 6.07) is 2.62. The van der Waals surface area contributed by atoms with Crippen molar-refractivity contribution in [3.63, 3.8) is 0 Å². The number of ether oxygens (including phenoxy) is 1. The average molecular weight is 291 g/mol. The van der Waals surface area contributed by atoms with Gasteiger partial charge < -0.3 is 15.4 Å². The van der Waals surface area contributed by atoms with Crippen molar-refractivity contribution < 1.29 is 4.74 Å². The Morgan fingerprint density at radius 1 is 1.67 bits per heavy atom. The van der Waals surface area contributed by atoms with E-state index in [9.17, 15) is 0 Å². The maximum absolute atomic E-state index is 5.38. The molecule has 15 heavy (non-hydrogen) atoms. The smallest absolute Gasteiger partial charge is 0.0632 e. The molecule has 1 aromatic rings. The molecule has 0 aromatic carbocycles. The molecule has 1 aliphatic heterocycles. The van der Waals surface area contributed by atoms with Gasteiger partial charge in [0.25, 0.3) is 0 Å². The first-order valence-corrected chi connectivity index (χ1v) is 6.76. The lowest BCUT2D eigenvalue weighted by atomic mass is 10.3. The van der Waals surface area contributed by atoms with E-state index in [-0.39, 0.29) is 0 Å². The molecule has 2 heterocycles. The van der Waals surface area contributed by atoms with Crippen LogP contribution in [-0.4, -0.2) is 32.3 Å². The molecular weight excluding hydrogens is 276 g/mol. The topological polar surface area (TPSA) is 33.3 Å². The fourth-order valence-electron chi connectivity index (χ4n) is 1.57. The molecule has 0 amide bonds. The first-order chi connectivity index (χ1) is 7.34. The quantitative estimate of drug-likeness (QED) is 0.884. The molecule has 84 valence electrons. The lowest BCUT2D eigenvalue weighted by Crippen LogP contribution is -2.47. The summed E-state index contributed by atoms with van der Waals surface area (Å²) in [5, 5.41) is 8.96. The third-order valence-electron chi connectivity index (χ3n) is 2.31.